The number of anilines is 1. The van der Waals surface area contributed by atoms with Crippen LogP contribution in [0.2, 0.25) is 5.02 Å². The Morgan fingerprint density at radius 1 is 1.36 bits per heavy atom. The quantitative estimate of drug-likeness (QED) is 0.653. The normalized spacial score (nSPS) is 10.4. The van der Waals surface area contributed by atoms with Crippen molar-refractivity contribution < 1.29 is 14.3 Å². The number of aryl methyl sites for hydroxylation is 1. The lowest BCUT2D eigenvalue weighted by molar-refractivity contribution is -0.113. The van der Waals surface area contributed by atoms with Gasteiger partial charge in [-0.1, -0.05) is 23.7 Å². The summed E-state index contributed by atoms with van der Waals surface area (Å²) in [6, 6.07) is 7.16. The van der Waals surface area contributed by atoms with Gasteiger partial charge in [-0.2, -0.15) is 0 Å². The summed E-state index contributed by atoms with van der Waals surface area (Å²) in [6.45, 7) is 1.86. The number of thiophene rings is 1. The zero-order chi connectivity index (χ0) is 16.3. The summed E-state index contributed by atoms with van der Waals surface area (Å²) in [5.41, 5.74) is 1.79. The van der Waals surface area contributed by atoms with Crippen molar-refractivity contribution in [3.63, 3.8) is 0 Å². The summed E-state index contributed by atoms with van der Waals surface area (Å²) in [4.78, 5) is 24.6. The number of carbonyl (C=O) groups is 2. The van der Waals surface area contributed by atoms with Crippen LogP contribution in [0.15, 0.2) is 24.3 Å². The molecule has 116 valence electrons. The smallest absolute Gasteiger partial charge is 0.341 e. The Balaban J connectivity index is 2.62. The van der Waals surface area contributed by atoms with Crippen LogP contribution in [0.25, 0.3) is 11.1 Å². The molecule has 0 aliphatic carbocycles. The average molecular weight is 358 g/mol. The van der Waals surface area contributed by atoms with Crippen LogP contribution < -0.4 is 5.32 Å². The van der Waals surface area contributed by atoms with Gasteiger partial charge in [-0.3, -0.25) is 4.79 Å². The van der Waals surface area contributed by atoms with E-state index in [1.807, 2.05) is 13.0 Å². The number of ether oxygens (including phenoxy) is 1. The number of hydrogen-bond acceptors (Lipinski definition) is 4. The molecule has 1 heterocycles. The summed E-state index contributed by atoms with van der Waals surface area (Å²) in [5, 5.41) is 3.62. The van der Waals surface area contributed by atoms with Gasteiger partial charge in [-0.15, -0.1) is 22.9 Å². The highest BCUT2D eigenvalue weighted by molar-refractivity contribution is 7.17. The molecule has 0 fully saturated rings. The molecule has 0 aliphatic rings. The lowest BCUT2D eigenvalue weighted by Crippen LogP contribution is -2.14. The molecule has 0 aliphatic heterocycles. The number of methoxy groups -OCH3 is 1. The van der Waals surface area contributed by atoms with Gasteiger partial charge in [0.1, 0.15) is 16.4 Å². The Labute approximate surface area is 142 Å². The second kappa shape index (κ2) is 7.13. The molecule has 22 heavy (non-hydrogen) atoms. The van der Waals surface area contributed by atoms with Crippen LogP contribution in [0.1, 0.15) is 15.2 Å². The molecule has 0 radical (unpaired) electrons. The first-order valence-corrected chi connectivity index (χ1v) is 8.04. The Morgan fingerprint density at radius 2 is 2.09 bits per heavy atom. The number of hydrogen-bond donors (Lipinski definition) is 1. The number of halogens is 2. The maximum atomic E-state index is 12.2. The number of esters is 1. The highest BCUT2D eigenvalue weighted by Gasteiger charge is 2.25. The molecule has 7 heteroatoms. The van der Waals surface area contributed by atoms with Crippen molar-refractivity contribution in [3.8, 4) is 11.1 Å². The second-order valence-electron chi connectivity index (χ2n) is 4.42. The van der Waals surface area contributed by atoms with Crippen molar-refractivity contribution in [1.29, 1.82) is 0 Å². The molecule has 0 saturated carbocycles. The minimum Gasteiger partial charge on any atom is -0.465 e. The van der Waals surface area contributed by atoms with Crippen molar-refractivity contribution in [2.45, 2.75) is 6.92 Å². The zero-order valence-electron chi connectivity index (χ0n) is 11.9. The monoisotopic (exact) mass is 357 g/mol. The van der Waals surface area contributed by atoms with E-state index in [1.54, 1.807) is 18.2 Å². The molecule has 0 saturated heterocycles. The van der Waals surface area contributed by atoms with Crippen LogP contribution in [0.3, 0.4) is 0 Å². The van der Waals surface area contributed by atoms with Crippen LogP contribution in [0.4, 0.5) is 5.00 Å². The van der Waals surface area contributed by atoms with Crippen molar-refractivity contribution in [2.24, 2.45) is 0 Å². The number of amides is 1. The van der Waals surface area contributed by atoms with Crippen molar-refractivity contribution in [3.05, 3.63) is 39.7 Å². The fraction of sp³-hybridized carbons (Fsp3) is 0.200. The fourth-order valence-corrected chi connectivity index (χ4v) is 3.42. The molecule has 2 aromatic rings. The third-order valence-corrected chi connectivity index (χ3v) is 4.46. The van der Waals surface area contributed by atoms with Crippen LogP contribution in [0.5, 0.6) is 0 Å². The summed E-state index contributed by atoms with van der Waals surface area (Å²) >= 11 is 12.8. The minimum atomic E-state index is -0.524. The van der Waals surface area contributed by atoms with Crippen LogP contribution in [0, 0.1) is 6.92 Å². The number of carbonyl (C=O) groups excluding carboxylic acids is 2. The van der Waals surface area contributed by atoms with E-state index in [1.165, 1.54) is 18.4 Å². The van der Waals surface area contributed by atoms with Crippen LogP contribution in [-0.2, 0) is 9.53 Å². The van der Waals surface area contributed by atoms with Crippen LogP contribution in [-0.4, -0.2) is 24.9 Å². The lowest BCUT2D eigenvalue weighted by atomic mass is 10.0. The Bertz CT molecular complexity index is 728. The summed E-state index contributed by atoms with van der Waals surface area (Å²) < 4.78 is 4.85. The van der Waals surface area contributed by atoms with E-state index in [-0.39, 0.29) is 11.8 Å². The molecular formula is C15H13Cl2NO3S. The molecule has 0 spiro atoms. The van der Waals surface area contributed by atoms with E-state index in [2.05, 4.69) is 5.32 Å². The van der Waals surface area contributed by atoms with E-state index in [0.717, 1.165) is 10.4 Å². The van der Waals surface area contributed by atoms with Gasteiger partial charge in [0.2, 0.25) is 5.91 Å². The van der Waals surface area contributed by atoms with Gasteiger partial charge in [-0.25, -0.2) is 4.79 Å². The number of benzene rings is 1. The van der Waals surface area contributed by atoms with Gasteiger partial charge in [0.15, 0.2) is 0 Å². The first kappa shape index (κ1) is 16.8. The van der Waals surface area contributed by atoms with Gasteiger partial charge in [0, 0.05) is 15.5 Å². The predicted octanol–water partition coefficient (Wildman–Crippen LogP) is 4.34. The summed E-state index contributed by atoms with van der Waals surface area (Å²) in [5.74, 6) is -1.10. The summed E-state index contributed by atoms with van der Waals surface area (Å²) in [7, 11) is 1.30. The van der Waals surface area contributed by atoms with E-state index >= 15 is 0 Å². The molecular weight excluding hydrogens is 345 g/mol. The van der Waals surface area contributed by atoms with E-state index in [0.29, 0.717) is 21.2 Å². The molecule has 4 nitrogen and oxygen atoms in total. The third kappa shape index (κ3) is 3.43. The third-order valence-electron chi connectivity index (χ3n) is 2.96. The first-order chi connectivity index (χ1) is 10.5. The van der Waals surface area contributed by atoms with Crippen molar-refractivity contribution in [1.82, 2.24) is 0 Å². The minimum absolute atomic E-state index is 0.190. The predicted molar refractivity (Wildman–Crippen MR) is 90.2 cm³/mol. The molecule has 0 atom stereocenters. The average Bonchev–Trinajstić information content (AvgIpc) is 2.82. The SMILES string of the molecule is COC(=O)c1c(NC(=O)CCl)sc(C)c1-c1cccc(Cl)c1. The Morgan fingerprint density at radius 3 is 2.68 bits per heavy atom. The van der Waals surface area contributed by atoms with Gasteiger partial charge >= 0.3 is 5.97 Å². The topological polar surface area (TPSA) is 55.4 Å². The Hall–Kier alpha value is -1.56. The molecule has 1 aromatic carbocycles. The molecule has 0 unspecified atom stereocenters. The van der Waals surface area contributed by atoms with Gasteiger partial charge in [-0.05, 0) is 24.6 Å². The molecule has 1 N–H and O–H groups in total. The van der Waals surface area contributed by atoms with Gasteiger partial charge in [0.05, 0.1) is 7.11 Å². The number of rotatable bonds is 4. The van der Waals surface area contributed by atoms with E-state index in [4.69, 9.17) is 27.9 Å². The lowest BCUT2D eigenvalue weighted by Gasteiger charge is -2.07. The number of alkyl halides is 1. The highest BCUT2D eigenvalue weighted by Crippen LogP contribution is 2.40. The molecule has 1 amide bonds. The molecule has 1 aromatic heterocycles. The maximum absolute atomic E-state index is 12.2. The van der Waals surface area contributed by atoms with E-state index in [9.17, 15) is 9.59 Å². The highest BCUT2D eigenvalue weighted by atomic mass is 35.5. The van der Waals surface area contributed by atoms with Gasteiger partial charge < -0.3 is 10.1 Å². The van der Waals surface area contributed by atoms with Crippen LogP contribution >= 0.6 is 34.5 Å². The fourth-order valence-electron chi connectivity index (χ4n) is 2.08. The second-order valence-corrected chi connectivity index (χ2v) is 6.35. The van der Waals surface area contributed by atoms with Crippen molar-refractivity contribution >= 4 is 51.4 Å². The maximum Gasteiger partial charge on any atom is 0.341 e. The number of nitrogens with one attached hydrogen (secondary N) is 1. The summed E-state index contributed by atoms with van der Waals surface area (Å²) in [6.07, 6.45) is 0. The van der Waals surface area contributed by atoms with Crippen molar-refractivity contribution in [2.75, 3.05) is 18.3 Å². The first-order valence-electron chi connectivity index (χ1n) is 6.31. The molecule has 2 rings (SSSR count). The zero-order valence-corrected chi connectivity index (χ0v) is 14.2. The van der Waals surface area contributed by atoms with E-state index < -0.39 is 5.97 Å². The Kier molecular flexibility index (Phi) is 5.45. The molecule has 0 bridgehead atoms. The van der Waals surface area contributed by atoms with Gasteiger partial charge in [0.25, 0.3) is 0 Å². The largest absolute Gasteiger partial charge is 0.465 e. The standard InChI is InChI=1S/C15H13Cl2NO3S/c1-8-12(9-4-3-5-10(17)6-9)13(15(20)21-2)14(22-8)18-11(19)7-16/h3-6H,7H2,1-2H3,(H,18,19).